The summed E-state index contributed by atoms with van der Waals surface area (Å²) >= 11 is 0. The minimum atomic E-state index is 0. The van der Waals surface area contributed by atoms with Crippen LogP contribution in [0.5, 0.6) is 0 Å². The molecule has 1 heteroatoms. The van der Waals surface area contributed by atoms with Crippen molar-refractivity contribution in [3.05, 3.63) is 35.4 Å². The molecule has 0 atom stereocenters. The molecule has 0 aromatic heterocycles. The van der Waals surface area contributed by atoms with Crippen LogP contribution in [0.3, 0.4) is 0 Å². The zero-order valence-corrected chi connectivity index (χ0v) is 9.04. The zero-order valence-electron chi connectivity index (χ0n) is 9.04. The minimum absolute atomic E-state index is 0. The van der Waals surface area contributed by atoms with Crippen LogP contribution in [0.4, 0.5) is 0 Å². The molecular weight excluding hydrogens is 155 g/mol. The predicted molar refractivity (Wildman–Crippen MR) is 60.4 cm³/mol. The van der Waals surface area contributed by atoms with Crippen molar-refractivity contribution in [2.75, 3.05) is 0 Å². The van der Waals surface area contributed by atoms with Crippen LogP contribution in [0.2, 0.25) is 0 Å². The predicted octanol–water partition coefficient (Wildman–Crippen LogP) is 3.55. The summed E-state index contributed by atoms with van der Waals surface area (Å²) in [6, 6.07) is 8.72. The van der Waals surface area contributed by atoms with Gasteiger partial charge in [0, 0.05) is 8.41 Å². The van der Waals surface area contributed by atoms with E-state index < -0.39 is 0 Å². The molecule has 0 nitrogen and oxygen atoms in total. The standard InChI is InChI=1S/C12H18.B/c1-9(2)11-7-5-6-8-12(11)10(3)4;/h5-10H,1-4H3;. The highest BCUT2D eigenvalue weighted by Crippen LogP contribution is 2.25. The quantitative estimate of drug-likeness (QED) is 0.600. The van der Waals surface area contributed by atoms with E-state index in [1.165, 1.54) is 11.1 Å². The van der Waals surface area contributed by atoms with Crippen LogP contribution in [0.25, 0.3) is 0 Å². The fraction of sp³-hybridized carbons (Fsp3) is 0.500. The van der Waals surface area contributed by atoms with E-state index in [1.807, 2.05) is 0 Å². The van der Waals surface area contributed by atoms with Crippen LogP contribution in [0.15, 0.2) is 24.3 Å². The monoisotopic (exact) mass is 173 g/mol. The summed E-state index contributed by atoms with van der Waals surface area (Å²) in [4.78, 5) is 0. The van der Waals surface area contributed by atoms with Crippen LogP contribution >= 0.6 is 0 Å². The fourth-order valence-corrected chi connectivity index (χ4v) is 1.56. The van der Waals surface area contributed by atoms with Crippen molar-refractivity contribution in [2.45, 2.75) is 39.5 Å². The summed E-state index contributed by atoms with van der Waals surface area (Å²) in [6.07, 6.45) is 0. The molecule has 0 fully saturated rings. The summed E-state index contributed by atoms with van der Waals surface area (Å²) in [6.45, 7) is 9.00. The van der Waals surface area contributed by atoms with E-state index in [4.69, 9.17) is 0 Å². The van der Waals surface area contributed by atoms with Crippen LogP contribution in [0, 0.1) is 0 Å². The van der Waals surface area contributed by atoms with Crippen LogP contribution < -0.4 is 0 Å². The molecule has 1 aromatic rings. The number of hydrogen-bond acceptors (Lipinski definition) is 0. The molecule has 0 amide bonds. The lowest BCUT2D eigenvalue weighted by atomic mass is 9.91. The maximum atomic E-state index is 2.25. The molecule has 0 aliphatic rings. The Kier molecular flexibility index (Phi) is 4.83. The average molecular weight is 173 g/mol. The molecule has 69 valence electrons. The first kappa shape index (κ1) is 12.3. The van der Waals surface area contributed by atoms with E-state index in [1.54, 1.807) is 0 Å². The summed E-state index contributed by atoms with van der Waals surface area (Å²) in [5.41, 5.74) is 2.99. The molecule has 0 saturated heterocycles. The van der Waals surface area contributed by atoms with E-state index >= 15 is 0 Å². The molecule has 1 rings (SSSR count). The molecule has 3 radical (unpaired) electrons. The van der Waals surface area contributed by atoms with Gasteiger partial charge in [-0.2, -0.15) is 0 Å². The van der Waals surface area contributed by atoms with E-state index in [9.17, 15) is 0 Å². The number of benzene rings is 1. The molecular formula is C12H18B. The van der Waals surface area contributed by atoms with Crippen LogP contribution in [-0.4, -0.2) is 8.41 Å². The van der Waals surface area contributed by atoms with Crippen molar-refractivity contribution in [1.29, 1.82) is 0 Å². The molecule has 0 aliphatic heterocycles. The molecule has 0 N–H and O–H groups in total. The lowest BCUT2D eigenvalue weighted by Crippen LogP contribution is -1.97. The van der Waals surface area contributed by atoms with Gasteiger partial charge in [-0.1, -0.05) is 52.0 Å². The van der Waals surface area contributed by atoms with Crippen molar-refractivity contribution in [3.63, 3.8) is 0 Å². The smallest absolute Gasteiger partial charge is 0 e. The van der Waals surface area contributed by atoms with Gasteiger partial charge in [0.25, 0.3) is 0 Å². The zero-order chi connectivity index (χ0) is 9.14. The maximum Gasteiger partial charge on any atom is 0 e. The van der Waals surface area contributed by atoms with Crippen LogP contribution in [-0.2, 0) is 0 Å². The van der Waals surface area contributed by atoms with Gasteiger partial charge in [0.05, 0.1) is 0 Å². The van der Waals surface area contributed by atoms with Gasteiger partial charge >= 0.3 is 0 Å². The van der Waals surface area contributed by atoms with Crippen molar-refractivity contribution >= 4 is 8.41 Å². The third kappa shape index (κ3) is 2.91. The molecule has 0 bridgehead atoms. The van der Waals surface area contributed by atoms with Gasteiger partial charge in [-0.15, -0.1) is 0 Å². The van der Waals surface area contributed by atoms with Gasteiger partial charge in [-0.3, -0.25) is 0 Å². The lowest BCUT2D eigenvalue weighted by Gasteiger charge is -2.14. The molecule has 0 aliphatic carbocycles. The van der Waals surface area contributed by atoms with Gasteiger partial charge in [-0.25, -0.2) is 0 Å². The second-order valence-corrected chi connectivity index (χ2v) is 3.94. The highest BCUT2D eigenvalue weighted by atomic mass is 14.1. The number of rotatable bonds is 2. The highest BCUT2D eigenvalue weighted by molar-refractivity contribution is 5.75. The Morgan fingerprint density at radius 2 is 1.08 bits per heavy atom. The molecule has 0 saturated carbocycles. The van der Waals surface area contributed by atoms with Crippen molar-refractivity contribution in [3.8, 4) is 0 Å². The molecule has 0 heterocycles. The van der Waals surface area contributed by atoms with Crippen molar-refractivity contribution < 1.29 is 0 Å². The van der Waals surface area contributed by atoms with Crippen molar-refractivity contribution in [2.24, 2.45) is 0 Å². The Hall–Kier alpha value is -0.715. The van der Waals surface area contributed by atoms with E-state index in [-0.39, 0.29) is 8.41 Å². The third-order valence-corrected chi connectivity index (χ3v) is 2.24. The van der Waals surface area contributed by atoms with Gasteiger partial charge < -0.3 is 0 Å². The number of hydrogen-bond donors (Lipinski definition) is 0. The molecule has 13 heavy (non-hydrogen) atoms. The Bertz CT molecular complexity index is 224. The third-order valence-electron chi connectivity index (χ3n) is 2.24. The largest absolute Gasteiger partial charge is 0.0620 e. The van der Waals surface area contributed by atoms with E-state index in [2.05, 4.69) is 52.0 Å². The summed E-state index contributed by atoms with van der Waals surface area (Å²) in [7, 11) is 0. The Balaban J connectivity index is 0.00000144. The summed E-state index contributed by atoms with van der Waals surface area (Å²) < 4.78 is 0. The maximum absolute atomic E-state index is 2.25. The van der Waals surface area contributed by atoms with E-state index in [0.717, 1.165) is 0 Å². The Morgan fingerprint density at radius 1 is 0.769 bits per heavy atom. The van der Waals surface area contributed by atoms with Gasteiger partial charge in [0.2, 0.25) is 0 Å². The first-order chi connectivity index (χ1) is 5.63. The summed E-state index contributed by atoms with van der Waals surface area (Å²) in [5.74, 6) is 1.28. The SMILES string of the molecule is CC(C)c1ccccc1C(C)C.[B]. The Morgan fingerprint density at radius 3 is 1.31 bits per heavy atom. The molecule has 0 spiro atoms. The van der Waals surface area contributed by atoms with Gasteiger partial charge in [0.1, 0.15) is 0 Å². The first-order valence-corrected chi connectivity index (χ1v) is 4.71. The average Bonchev–Trinajstić information content (AvgIpc) is 2.04. The lowest BCUT2D eigenvalue weighted by molar-refractivity contribution is 0.790. The molecule has 0 unspecified atom stereocenters. The molecule has 1 aromatic carbocycles. The fourth-order valence-electron chi connectivity index (χ4n) is 1.56. The normalized spacial score (nSPS) is 10.3. The second-order valence-electron chi connectivity index (χ2n) is 3.94. The van der Waals surface area contributed by atoms with Crippen molar-refractivity contribution in [1.82, 2.24) is 0 Å². The van der Waals surface area contributed by atoms with E-state index in [0.29, 0.717) is 11.8 Å². The topological polar surface area (TPSA) is 0 Å². The Labute approximate surface area is 83.9 Å². The second kappa shape index (κ2) is 5.11. The van der Waals surface area contributed by atoms with Gasteiger partial charge in [0.15, 0.2) is 0 Å². The minimum Gasteiger partial charge on any atom is -0.0620 e. The first-order valence-electron chi connectivity index (χ1n) is 4.71. The summed E-state index contributed by atoms with van der Waals surface area (Å²) in [5, 5.41) is 0. The van der Waals surface area contributed by atoms with Gasteiger partial charge in [-0.05, 0) is 23.0 Å². The van der Waals surface area contributed by atoms with Crippen LogP contribution in [0.1, 0.15) is 50.7 Å². The highest BCUT2D eigenvalue weighted by Gasteiger charge is 2.07.